The third kappa shape index (κ3) is 12.3. The Bertz CT molecular complexity index is 1650. The summed E-state index contributed by atoms with van der Waals surface area (Å²) in [6, 6.07) is 20.5. The molecular weight excluding hydrogens is 636 g/mol. The molecule has 12 nitrogen and oxygen atoms in total. The van der Waals surface area contributed by atoms with E-state index >= 15 is 0 Å². The van der Waals surface area contributed by atoms with Gasteiger partial charge in [0, 0.05) is 40.6 Å². The number of benzene rings is 3. The molecule has 0 saturated carbocycles. The highest BCUT2D eigenvalue weighted by atomic mass is 32.2. The van der Waals surface area contributed by atoms with Gasteiger partial charge in [0.05, 0.1) is 70.5 Å². The molecule has 0 bridgehead atoms. The van der Waals surface area contributed by atoms with Gasteiger partial charge in [-0.1, -0.05) is 29.8 Å². The molecule has 13 heteroatoms. The minimum Gasteiger partial charge on any atom is -0.447 e. The summed E-state index contributed by atoms with van der Waals surface area (Å²) in [6.07, 6.45) is -0.574. The highest BCUT2D eigenvalue weighted by molar-refractivity contribution is 7.99. The normalized spacial score (nSPS) is 10.8. The number of fused-ring (bicyclic) bond motifs is 1. The molecule has 0 radical (unpaired) electrons. The number of aromatic nitrogens is 2. The van der Waals surface area contributed by atoms with Crippen molar-refractivity contribution in [3.8, 4) is 11.8 Å². The van der Waals surface area contributed by atoms with Crippen molar-refractivity contribution in [2.24, 2.45) is 0 Å². The number of rotatable bonds is 19. The standard InChI is InChI=1S/C35H40N4O8S/c1-36-34(40)30-5-3-4-6-33(30)48-28-12-13-29-31(38-39-32(29)25-28)14-9-26-7-10-27(11-8-26)37-35(41)47-24-23-46-22-21-45-20-19-44-18-17-43-16-15-42-2/h3-8,10-13,25H,15-24H2,1-2H3,(H,36,40)(H,37,41)(H,38,39). The van der Waals surface area contributed by atoms with Crippen LogP contribution < -0.4 is 10.6 Å². The zero-order valence-electron chi connectivity index (χ0n) is 27.0. The van der Waals surface area contributed by atoms with Crippen molar-refractivity contribution in [3.05, 3.63) is 83.6 Å². The summed E-state index contributed by atoms with van der Waals surface area (Å²) in [5, 5.41) is 13.7. The van der Waals surface area contributed by atoms with Gasteiger partial charge in [0.25, 0.3) is 5.91 Å². The Balaban J connectivity index is 1.13. The molecule has 3 aromatic carbocycles. The smallest absolute Gasteiger partial charge is 0.411 e. The third-order valence-electron chi connectivity index (χ3n) is 6.59. The van der Waals surface area contributed by atoms with E-state index in [1.54, 1.807) is 44.5 Å². The lowest BCUT2D eigenvalue weighted by Crippen LogP contribution is -2.18. The number of hydrogen-bond acceptors (Lipinski definition) is 10. The van der Waals surface area contributed by atoms with Crippen LogP contribution in [0.1, 0.15) is 21.6 Å². The van der Waals surface area contributed by atoms with Gasteiger partial charge < -0.3 is 33.7 Å². The Morgan fingerprint density at radius 3 is 2.10 bits per heavy atom. The second-order valence-corrected chi connectivity index (χ2v) is 11.1. The number of anilines is 1. The molecule has 0 unspecified atom stereocenters. The first-order chi connectivity index (χ1) is 23.6. The molecule has 0 spiro atoms. The molecule has 0 fully saturated rings. The Hall–Kier alpha value is -4.42. The van der Waals surface area contributed by atoms with Crippen molar-refractivity contribution < 1.29 is 38.0 Å². The van der Waals surface area contributed by atoms with Crippen LogP contribution in [-0.2, 0) is 28.4 Å². The molecule has 254 valence electrons. The number of carbonyl (C=O) groups excluding carboxylic acids is 2. The first-order valence-electron chi connectivity index (χ1n) is 15.4. The van der Waals surface area contributed by atoms with E-state index in [0.29, 0.717) is 69.8 Å². The molecule has 0 aliphatic heterocycles. The second kappa shape index (κ2) is 20.7. The molecule has 4 aromatic rings. The molecule has 4 rings (SSSR count). The highest BCUT2D eigenvalue weighted by Gasteiger charge is 2.12. The monoisotopic (exact) mass is 676 g/mol. The predicted octanol–water partition coefficient (Wildman–Crippen LogP) is 4.73. The Morgan fingerprint density at radius 2 is 1.44 bits per heavy atom. The zero-order chi connectivity index (χ0) is 33.8. The lowest BCUT2D eigenvalue weighted by Gasteiger charge is -2.09. The molecule has 0 aliphatic rings. The fraction of sp³-hybridized carbons (Fsp3) is 0.343. The molecule has 0 saturated heterocycles. The summed E-state index contributed by atoms with van der Waals surface area (Å²) >= 11 is 1.51. The summed E-state index contributed by atoms with van der Waals surface area (Å²) in [5.74, 6) is 6.10. The van der Waals surface area contributed by atoms with E-state index in [9.17, 15) is 9.59 Å². The van der Waals surface area contributed by atoms with Crippen molar-refractivity contribution >= 4 is 40.4 Å². The summed E-state index contributed by atoms with van der Waals surface area (Å²) in [7, 11) is 3.25. The van der Waals surface area contributed by atoms with Gasteiger partial charge in [0.15, 0.2) is 0 Å². The van der Waals surface area contributed by atoms with E-state index in [1.807, 2.05) is 36.4 Å². The van der Waals surface area contributed by atoms with Crippen molar-refractivity contribution in [2.75, 3.05) is 85.5 Å². The van der Waals surface area contributed by atoms with E-state index < -0.39 is 6.09 Å². The zero-order valence-corrected chi connectivity index (χ0v) is 27.9. The minimum absolute atomic E-state index is 0.114. The largest absolute Gasteiger partial charge is 0.447 e. The average molecular weight is 677 g/mol. The quantitative estimate of drug-likeness (QED) is 0.0943. The van der Waals surface area contributed by atoms with Crippen LogP contribution in [0, 0.1) is 11.8 Å². The molecule has 1 heterocycles. The van der Waals surface area contributed by atoms with Gasteiger partial charge in [0.2, 0.25) is 0 Å². The molecule has 0 aliphatic carbocycles. The van der Waals surface area contributed by atoms with Crippen molar-refractivity contribution in [1.82, 2.24) is 15.5 Å². The number of nitrogens with one attached hydrogen (secondary N) is 3. The molecule has 0 atom stereocenters. The third-order valence-corrected chi connectivity index (χ3v) is 7.65. The van der Waals surface area contributed by atoms with Crippen LogP contribution in [0.15, 0.2) is 76.5 Å². The summed E-state index contributed by atoms with van der Waals surface area (Å²) in [4.78, 5) is 26.2. The summed E-state index contributed by atoms with van der Waals surface area (Å²) < 4.78 is 31.6. The maximum Gasteiger partial charge on any atom is 0.411 e. The average Bonchev–Trinajstić information content (AvgIpc) is 3.51. The maximum atomic E-state index is 12.2. The molecule has 48 heavy (non-hydrogen) atoms. The Labute approximate surface area is 284 Å². The van der Waals surface area contributed by atoms with Gasteiger partial charge in [-0.15, -0.1) is 0 Å². The fourth-order valence-electron chi connectivity index (χ4n) is 4.18. The van der Waals surface area contributed by atoms with Crippen LogP contribution in [0.4, 0.5) is 10.5 Å². The van der Waals surface area contributed by atoms with Gasteiger partial charge in [-0.3, -0.25) is 15.2 Å². The van der Waals surface area contributed by atoms with Crippen LogP contribution in [0.25, 0.3) is 10.9 Å². The summed E-state index contributed by atoms with van der Waals surface area (Å²) in [5.41, 5.74) is 3.43. The lowest BCUT2D eigenvalue weighted by molar-refractivity contribution is -0.0109. The van der Waals surface area contributed by atoms with Gasteiger partial charge in [-0.05, 0) is 60.5 Å². The SMILES string of the molecule is CNC(=O)c1ccccc1Sc1ccc2c(C#Cc3ccc(NC(=O)OCCOCCOCCOCCOCCOC)cc3)n[nH]c2c1. The number of carbonyl (C=O) groups is 2. The van der Waals surface area contributed by atoms with Gasteiger partial charge in [0.1, 0.15) is 12.3 Å². The number of methoxy groups -OCH3 is 1. The molecule has 2 amide bonds. The fourth-order valence-corrected chi connectivity index (χ4v) is 5.17. The topological polar surface area (TPSA) is 142 Å². The number of aromatic amines is 1. The number of H-pyrrole nitrogens is 1. The number of ether oxygens (including phenoxy) is 6. The first kappa shape index (κ1) is 36.4. The lowest BCUT2D eigenvalue weighted by atomic mass is 10.2. The Kier molecular flexibility index (Phi) is 15.7. The minimum atomic E-state index is -0.574. The van der Waals surface area contributed by atoms with Gasteiger partial charge in [-0.25, -0.2) is 4.79 Å². The molecule has 1 aromatic heterocycles. The highest BCUT2D eigenvalue weighted by Crippen LogP contribution is 2.32. The Morgan fingerprint density at radius 1 is 0.792 bits per heavy atom. The van der Waals surface area contributed by atoms with Gasteiger partial charge >= 0.3 is 6.09 Å². The predicted molar refractivity (Wildman–Crippen MR) is 183 cm³/mol. The van der Waals surface area contributed by atoms with E-state index in [4.69, 9.17) is 28.4 Å². The number of amides is 2. The van der Waals surface area contributed by atoms with Crippen LogP contribution in [0.3, 0.4) is 0 Å². The van der Waals surface area contributed by atoms with Crippen molar-refractivity contribution in [3.63, 3.8) is 0 Å². The van der Waals surface area contributed by atoms with Crippen LogP contribution in [0.2, 0.25) is 0 Å². The molecule has 3 N–H and O–H groups in total. The van der Waals surface area contributed by atoms with Crippen LogP contribution >= 0.6 is 11.8 Å². The van der Waals surface area contributed by atoms with Crippen molar-refractivity contribution in [2.45, 2.75) is 9.79 Å². The van der Waals surface area contributed by atoms with Crippen LogP contribution in [-0.4, -0.2) is 102 Å². The first-order valence-corrected chi connectivity index (χ1v) is 16.2. The van der Waals surface area contributed by atoms with E-state index in [2.05, 4.69) is 32.7 Å². The van der Waals surface area contributed by atoms with E-state index in [-0.39, 0.29) is 19.1 Å². The molecular formula is C35H40N4O8S. The number of hydrogen-bond donors (Lipinski definition) is 3. The summed E-state index contributed by atoms with van der Waals surface area (Å²) in [6.45, 7) is 4.27. The van der Waals surface area contributed by atoms with Crippen LogP contribution in [0.5, 0.6) is 0 Å². The van der Waals surface area contributed by atoms with Crippen molar-refractivity contribution in [1.29, 1.82) is 0 Å². The van der Waals surface area contributed by atoms with Gasteiger partial charge in [-0.2, -0.15) is 5.10 Å². The second-order valence-electron chi connectivity index (χ2n) is 9.99. The van der Waals surface area contributed by atoms with E-state index in [1.165, 1.54) is 11.8 Å². The number of nitrogens with zero attached hydrogens (tertiary/aromatic N) is 1. The maximum absolute atomic E-state index is 12.2. The van der Waals surface area contributed by atoms with E-state index in [0.717, 1.165) is 26.3 Å².